The molecule has 1 fully saturated rings. The van der Waals surface area contributed by atoms with Gasteiger partial charge in [-0.1, -0.05) is 42.5 Å². The molecule has 0 bridgehead atoms. The van der Waals surface area contributed by atoms with E-state index in [0.29, 0.717) is 12.5 Å². The van der Waals surface area contributed by atoms with Gasteiger partial charge >= 0.3 is 0 Å². The Hall–Kier alpha value is -1.64. The molecule has 3 rings (SSSR count). The highest BCUT2D eigenvalue weighted by Gasteiger charge is 2.22. The van der Waals surface area contributed by atoms with Gasteiger partial charge in [0.1, 0.15) is 0 Å². The molecule has 0 amide bonds. The highest BCUT2D eigenvalue weighted by atomic mass is 127. The van der Waals surface area contributed by atoms with Crippen LogP contribution in [0.5, 0.6) is 0 Å². The number of ether oxygens (including phenoxy) is 1. The Morgan fingerprint density at radius 1 is 1.15 bits per heavy atom. The van der Waals surface area contributed by atoms with Crippen LogP contribution in [-0.2, 0) is 4.74 Å². The lowest BCUT2D eigenvalue weighted by molar-refractivity contribution is 0.0180. The summed E-state index contributed by atoms with van der Waals surface area (Å²) in [4.78, 5) is 7.02. The van der Waals surface area contributed by atoms with E-state index in [4.69, 9.17) is 10.5 Å². The summed E-state index contributed by atoms with van der Waals surface area (Å²) in [6, 6.07) is 18.8. The number of morpholine rings is 1. The SMILES string of the molecule is Cc1cccc(NC(N)=NCC(c2ccccc2)N2CCOCC2)c1.I. The van der Waals surface area contributed by atoms with Crippen LogP contribution < -0.4 is 11.1 Å². The Kier molecular flexibility index (Phi) is 8.34. The molecule has 1 aliphatic heterocycles. The molecule has 1 aliphatic rings. The highest BCUT2D eigenvalue weighted by molar-refractivity contribution is 14.0. The van der Waals surface area contributed by atoms with Crippen molar-refractivity contribution in [1.29, 1.82) is 0 Å². The van der Waals surface area contributed by atoms with Crippen molar-refractivity contribution in [2.45, 2.75) is 13.0 Å². The van der Waals surface area contributed by atoms with Crippen molar-refractivity contribution in [3.05, 3.63) is 65.7 Å². The van der Waals surface area contributed by atoms with Crippen molar-refractivity contribution >= 4 is 35.6 Å². The summed E-state index contributed by atoms with van der Waals surface area (Å²) in [7, 11) is 0. The van der Waals surface area contributed by atoms with E-state index in [9.17, 15) is 0 Å². The van der Waals surface area contributed by atoms with E-state index in [1.807, 2.05) is 18.2 Å². The number of guanidine groups is 1. The normalized spacial score (nSPS) is 16.6. The van der Waals surface area contributed by atoms with Crippen LogP contribution in [-0.4, -0.2) is 43.7 Å². The third-order valence-electron chi connectivity index (χ3n) is 4.40. The maximum atomic E-state index is 6.11. The lowest BCUT2D eigenvalue weighted by Crippen LogP contribution is -2.40. The number of hydrogen-bond donors (Lipinski definition) is 2. The van der Waals surface area contributed by atoms with Gasteiger partial charge in [0.05, 0.1) is 25.8 Å². The van der Waals surface area contributed by atoms with Gasteiger partial charge in [0.2, 0.25) is 0 Å². The molecule has 0 aliphatic carbocycles. The summed E-state index contributed by atoms with van der Waals surface area (Å²) < 4.78 is 5.49. The second-order valence-corrected chi connectivity index (χ2v) is 6.30. The second kappa shape index (κ2) is 10.5. The van der Waals surface area contributed by atoms with E-state index in [-0.39, 0.29) is 30.0 Å². The predicted molar refractivity (Wildman–Crippen MR) is 118 cm³/mol. The summed E-state index contributed by atoms with van der Waals surface area (Å²) in [5.74, 6) is 0.444. The van der Waals surface area contributed by atoms with E-state index < -0.39 is 0 Å². The first-order valence-electron chi connectivity index (χ1n) is 8.73. The zero-order chi connectivity index (χ0) is 17.5. The average Bonchev–Trinajstić information content (AvgIpc) is 2.64. The van der Waals surface area contributed by atoms with Crippen LogP contribution in [0.1, 0.15) is 17.2 Å². The third kappa shape index (κ3) is 5.96. The molecule has 0 spiro atoms. The molecule has 0 aromatic heterocycles. The first-order chi connectivity index (χ1) is 12.2. The summed E-state index contributed by atoms with van der Waals surface area (Å²) in [6.07, 6.45) is 0. The van der Waals surface area contributed by atoms with Crippen LogP contribution in [0.2, 0.25) is 0 Å². The highest BCUT2D eigenvalue weighted by Crippen LogP contribution is 2.22. The molecule has 1 heterocycles. The zero-order valence-corrected chi connectivity index (χ0v) is 17.4. The van der Waals surface area contributed by atoms with Gasteiger partial charge in [-0.2, -0.15) is 0 Å². The average molecular weight is 466 g/mol. The Morgan fingerprint density at radius 3 is 2.58 bits per heavy atom. The van der Waals surface area contributed by atoms with Crippen molar-refractivity contribution in [1.82, 2.24) is 4.90 Å². The van der Waals surface area contributed by atoms with Gasteiger partial charge in [-0.3, -0.25) is 9.89 Å². The zero-order valence-electron chi connectivity index (χ0n) is 15.1. The fraction of sp³-hybridized carbons (Fsp3) is 0.350. The number of anilines is 1. The summed E-state index contributed by atoms with van der Waals surface area (Å²) in [5.41, 5.74) is 9.52. The van der Waals surface area contributed by atoms with Crippen LogP contribution in [0.3, 0.4) is 0 Å². The quantitative estimate of drug-likeness (QED) is 0.403. The molecule has 3 N–H and O–H groups in total. The molecule has 26 heavy (non-hydrogen) atoms. The van der Waals surface area contributed by atoms with Gasteiger partial charge in [0.25, 0.3) is 0 Å². The molecule has 2 aromatic rings. The van der Waals surface area contributed by atoms with Crippen molar-refractivity contribution in [3.63, 3.8) is 0 Å². The number of aliphatic imine (C=N–C) groups is 1. The van der Waals surface area contributed by atoms with Crippen LogP contribution in [0.25, 0.3) is 0 Å². The van der Waals surface area contributed by atoms with Gasteiger partial charge in [0.15, 0.2) is 5.96 Å². The molecular weight excluding hydrogens is 439 g/mol. The first kappa shape index (κ1) is 20.7. The van der Waals surface area contributed by atoms with E-state index >= 15 is 0 Å². The van der Waals surface area contributed by atoms with E-state index in [2.05, 4.69) is 58.5 Å². The largest absolute Gasteiger partial charge is 0.379 e. The Morgan fingerprint density at radius 2 is 1.88 bits per heavy atom. The van der Waals surface area contributed by atoms with Crippen LogP contribution in [0.15, 0.2) is 59.6 Å². The molecule has 0 saturated carbocycles. The lowest BCUT2D eigenvalue weighted by atomic mass is 10.1. The minimum absolute atomic E-state index is 0. The van der Waals surface area contributed by atoms with E-state index in [0.717, 1.165) is 32.0 Å². The van der Waals surface area contributed by atoms with Gasteiger partial charge in [0, 0.05) is 18.8 Å². The molecule has 1 saturated heterocycles. The molecule has 6 heteroatoms. The fourth-order valence-electron chi connectivity index (χ4n) is 3.09. The minimum atomic E-state index is 0. The van der Waals surface area contributed by atoms with Gasteiger partial charge in [-0.25, -0.2) is 0 Å². The van der Waals surface area contributed by atoms with Crippen molar-refractivity contribution in [2.24, 2.45) is 10.7 Å². The smallest absolute Gasteiger partial charge is 0.193 e. The summed E-state index contributed by atoms with van der Waals surface area (Å²) >= 11 is 0. The summed E-state index contributed by atoms with van der Waals surface area (Å²) in [6.45, 7) is 6.05. The van der Waals surface area contributed by atoms with Crippen LogP contribution >= 0.6 is 24.0 Å². The Bertz CT molecular complexity index is 702. The minimum Gasteiger partial charge on any atom is -0.379 e. The first-order valence-corrected chi connectivity index (χ1v) is 8.73. The molecular formula is C20H27IN4O. The van der Waals surface area contributed by atoms with Crippen LogP contribution in [0.4, 0.5) is 5.69 Å². The Balaban J connectivity index is 0.00000243. The van der Waals surface area contributed by atoms with E-state index in [1.54, 1.807) is 0 Å². The molecule has 5 nitrogen and oxygen atoms in total. The lowest BCUT2D eigenvalue weighted by Gasteiger charge is -2.34. The van der Waals surface area contributed by atoms with Crippen molar-refractivity contribution in [2.75, 3.05) is 38.2 Å². The number of rotatable bonds is 5. The standard InChI is InChI=1S/C20H26N4O.HI/c1-16-6-5-9-18(14-16)23-20(21)22-15-19(17-7-3-2-4-8-17)24-10-12-25-13-11-24;/h2-9,14,19H,10-13,15H2,1H3,(H3,21,22,23);1H. The van der Waals surface area contributed by atoms with Crippen molar-refractivity contribution in [3.8, 4) is 0 Å². The van der Waals surface area contributed by atoms with Gasteiger partial charge < -0.3 is 15.8 Å². The maximum Gasteiger partial charge on any atom is 0.193 e. The number of halogens is 1. The molecule has 1 atom stereocenters. The number of nitrogens with two attached hydrogens (primary N) is 1. The molecule has 2 aromatic carbocycles. The van der Waals surface area contributed by atoms with Gasteiger partial charge in [-0.15, -0.1) is 24.0 Å². The number of benzene rings is 2. The third-order valence-corrected chi connectivity index (χ3v) is 4.40. The van der Waals surface area contributed by atoms with Crippen molar-refractivity contribution < 1.29 is 4.74 Å². The molecule has 140 valence electrons. The molecule has 1 unspecified atom stereocenters. The topological polar surface area (TPSA) is 62.9 Å². The maximum absolute atomic E-state index is 6.11. The monoisotopic (exact) mass is 466 g/mol. The predicted octanol–water partition coefficient (Wildman–Crippen LogP) is 3.41. The fourth-order valence-corrected chi connectivity index (χ4v) is 3.09. The number of hydrogen-bond acceptors (Lipinski definition) is 3. The number of aryl methyl sites for hydroxylation is 1. The molecule has 0 radical (unpaired) electrons. The van der Waals surface area contributed by atoms with Gasteiger partial charge in [-0.05, 0) is 30.2 Å². The number of nitrogens with one attached hydrogen (secondary N) is 1. The number of nitrogens with zero attached hydrogens (tertiary/aromatic N) is 2. The summed E-state index contributed by atoms with van der Waals surface area (Å²) in [5, 5.41) is 3.18. The van der Waals surface area contributed by atoms with Crippen LogP contribution in [0, 0.1) is 6.92 Å². The second-order valence-electron chi connectivity index (χ2n) is 6.30. The van der Waals surface area contributed by atoms with E-state index in [1.165, 1.54) is 11.1 Å². The Labute approximate surface area is 172 Å².